The number of anilines is 2. The summed E-state index contributed by atoms with van der Waals surface area (Å²) in [6.45, 7) is 11.7. The van der Waals surface area contributed by atoms with E-state index in [1.54, 1.807) is 4.68 Å². The van der Waals surface area contributed by atoms with E-state index in [1.807, 2.05) is 33.0 Å². The third-order valence-electron chi connectivity index (χ3n) is 9.24. The number of carbonyl (C=O) groups excluding carboxylic acids is 1. The van der Waals surface area contributed by atoms with Crippen LogP contribution in [-0.2, 0) is 13.6 Å². The molecule has 3 aliphatic rings. The van der Waals surface area contributed by atoms with Crippen LogP contribution >= 0.6 is 0 Å². The lowest BCUT2D eigenvalue weighted by molar-refractivity contribution is 0.102. The summed E-state index contributed by atoms with van der Waals surface area (Å²) in [4.78, 5) is 26.0. The molecule has 10 heteroatoms. The van der Waals surface area contributed by atoms with Crippen molar-refractivity contribution in [3.63, 3.8) is 0 Å². The Hall–Kier alpha value is -3.92. The molecule has 1 saturated heterocycles. The molecule has 4 bridgehead atoms. The second kappa shape index (κ2) is 10.4. The Kier molecular flexibility index (Phi) is 6.68. The molecule has 4 atom stereocenters. The summed E-state index contributed by atoms with van der Waals surface area (Å²) < 4.78 is 10.5. The summed E-state index contributed by atoms with van der Waals surface area (Å²) in [5, 5.41) is 11.4. The Balaban J connectivity index is 1.32. The summed E-state index contributed by atoms with van der Waals surface area (Å²) >= 11 is 0. The normalized spacial score (nSPS) is 24.4. The SMILES string of the molecule is Cc1cc2cc(n1)-c1c(C)nn(C)c1OC[C@H]1CC[C@H](C1)Cn1c(nc3ccc(N4C[C@@H](C)NC[C@@H]4C)cc31)NC2=O. The van der Waals surface area contributed by atoms with Crippen LogP contribution in [0.2, 0.25) is 0 Å². The number of fused-ring (bicyclic) bond motifs is 9. The van der Waals surface area contributed by atoms with E-state index in [2.05, 4.69) is 57.2 Å². The lowest BCUT2D eigenvalue weighted by atomic mass is 10.1. The largest absolute Gasteiger partial charge is 0.477 e. The fourth-order valence-electron chi connectivity index (χ4n) is 7.10. The number of aromatic nitrogens is 5. The maximum absolute atomic E-state index is 13.8. The minimum atomic E-state index is -0.203. The van der Waals surface area contributed by atoms with Gasteiger partial charge < -0.3 is 19.5 Å². The number of nitrogens with one attached hydrogen (secondary N) is 2. The van der Waals surface area contributed by atoms with Gasteiger partial charge in [0.25, 0.3) is 5.91 Å². The lowest BCUT2D eigenvalue weighted by Crippen LogP contribution is -2.54. The summed E-state index contributed by atoms with van der Waals surface area (Å²) in [6, 6.07) is 11.0. The zero-order valence-electron chi connectivity index (χ0n) is 25.1. The van der Waals surface area contributed by atoms with Crippen LogP contribution in [0, 0.1) is 25.7 Å². The van der Waals surface area contributed by atoms with Gasteiger partial charge in [0.05, 0.1) is 34.6 Å². The molecule has 1 aromatic carbocycles. The third-order valence-corrected chi connectivity index (χ3v) is 9.24. The Morgan fingerprint density at radius 2 is 1.86 bits per heavy atom. The molecule has 1 amide bonds. The lowest BCUT2D eigenvalue weighted by Gasteiger charge is -2.39. The molecular formula is C32H40N8O2. The monoisotopic (exact) mass is 568 g/mol. The van der Waals surface area contributed by atoms with Gasteiger partial charge in [0.15, 0.2) is 0 Å². The van der Waals surface area contributed by atoms with Crippen molar-refractivity contribution in [2.45, 2.75) is 65.6 Å². The molecule has 42 heavy (non-hydrogen) atoms. The smallest absolute Gasteiger partial charge is 0.258 e. The highest BCUT2D eigenvalue weighted by atomic mass is 16.5. The molecule has 5 heterocycles. The first kappa shape index (κ1) is 26.9. The second-order valence-electron chi connectivity index (χ2n) is 12.6. The molecule has 3 aromatic heterocycles. The number of carbonyl (C=O) groups is 1. The first-order chi connectivity index (χ1) is 20.2. The fraction of sp³-hybridized carbons (Fsp3) is 0.500. The highest BCUT2D eigenvalue weighted by Crippen LogP contribution is 2.38. The molecule has 1 saturated carbocycles. The number of aryl methyl sites for hydroxylation is 3. The van der Waals surface area contributed by atoms with Crippen LogP contribution in [0.3, 0.4) is 0 Å². The van der Waals surface area contributed by atoms with Gasteiger partial charge in [-0.15, -0.1) is 0 Å². The summed E-state index contributed by atoms with van der Waals surface area (Å²) in [5.74, 6) is 2.02. The van der Waals surface area contributed by atoms with E-state index in [9.17, 15) is 4.79 Å². The number of benzene rings is 1. The number of rotatable bonds is 1. The summed E-state index contributed by atoms with van der Waals surface area (Å²) in [7, 11) is 1.90. The number of hydrogen-bond acceptors (Lipinski definition) is 7. The van der Waals surface area contributed by atoms with E-state index in [-0.39, 0.29) is 5.91 Å². The van der Waals surface area contributed by atoms with Crippen molar-refractivity contribution in [2.24, 2.45) is 18.9 Å². The van der Waals surface area contributed by atoms with Crippen molar-refractivity contribution in [3.05, 3.63) is 47.3 Å². The minimum Gasteiger partial charge on any atom is -0.477 e. The number of ether oxygens (including phenoxy) is 1. The van der Waals surface area contributed by atoms with Crippen LogP contribution in [0.1, 0.15) is 54.9 Å². The Labute approximate surface area is 246 Å². The molecule has 10 nitrogen and oxygen atoms in total. The standard InChI is InChI=1S/C32H40N8O2/c1-18-10-24-12-27(34-18)29-21(4)37-38(5)31(29)42-17-23-7-6-22(11-23)16-40-28-13-25(39-15-19(2)33-14-20(39)3)8-9-26(28)35-32(40)36-30(24)41/h8-10,12-13,19-20,22-23,33H,6-7,11,14-17H2,1-5H3,(H,35,36,41)/t19-,20+,22-,23+/m1/s1. The number of amides is 1. The molecule has 1 aliphatic carbocycles. The van der Waals surface area contributed by atoms with Crippen LogP contribution in [0.4, 0.5) is 11.6 Å². The van der Waals surface area contributed by atoms with Crippen molar-refractivity contribution in [3.8, 4) is 17.1 Å². The van der Waals surface area contributed by atoms with Crippen molar-refractivity contribution >= 4 is 28.6 Å². The molecule has 220 valence electrons. The van der Waals surface area contributed by atoms with Gasteiger partial charge in [0.2, 0.25) is 11.8 Å². The Morgan fingerprint density at radius 3 is 2.71 bits per heavy atom. The predicted octanol–water partition coefficient (Wildman–Crippen LogP) is 4.70. The average Bonchev–Trinajstić information content (AvgIpc) is 3.63. The first-order valence-corrected chi connectivity index (χ1v) is 15.2. The van der Waals surface area contributed by atoms with Gasteiger partial charge in [-0.05, 0) is 89.1 Å². The van der Waals surface area contributed by atoms with Gasteiger partial charge in [-0.2, -0.15) is 5.10 Å². The van der Waals surface area contributed by atoms with Gasteiger partial charge >= 0.3 is 0 Å². The number of nitrogens with zero attached hydrogens (tertiary/aromatic N) is 6. The maximum atomic E-state index is 13.8. The molecule has 7 rings (SSSR count). The number of imidazole rings is 1. The first-order valence-electron chi connectivity index (χ1n) is 15.2. The molecule has 4 aromatic rings. The average molecular weight is 569 g/mol. The van der Waals surface area contributed by atoms with E-state index in [0.717, 1.165) is 66.9 Å². The summed E-state index contributed by atoms with van der Waals surface area (Å²) in [6.07, 6.45) is 3.29. The molecule has 2 aliphatic heterocycles. The van der Waals surface area contributed by atoms with E-state index < -0.39 is 0 Å². The molecule has 0 radical (unpaired) electrons. The van der Waals surface area contributed by atoms with Gasteiger partial charge in [0, 0.05) is 55.7 Å². The summed E-state index contributed by atoms with van der Waals surface area (Å²) in [5.41, 5.74) is 6.81. The highest BCUT2D eigenvalue weighted by molar-refractivity contribution is 6.05. The number of pyridine rings is 1. The van der Waals surface area contributed by atoms with Crippen molar-refractivity contribution in [1.29, 1.82) is 0 Å². The molecule has 2 fully saturated rings. The second-order valence-corrected chi connectivity index (χ2v) is 12.6. The van der Waals surface area contributed by atoms with E-state index in [4.69, 9.17) is 14.7 Å². The van der Waals surface area contributed by atoms with E-state index in [0.29, 0.717) is 53.6 Å². The van der Waals surface area contributed by atoms with Gasteiger partial charge in [0.1, 0.15) is 0 Å². The molecule has 2 N–H and O–H groups in total. The minimum absolute atomic E-state index is 0.203. The van der Waals surface area contributed by atoms with Crippen LogP contribution in [-0.4, -0.2) is 62.0 Å². The van der Waals surface area contributed by atoms with Crippen molar-refractivity contribution in [1.82, 2.24) is 29.6 Å². The maximum Gasteiger partial charge on any atom is 0.258 e. The van der Waals surface area contributed by atoms with Gasteiger partial charge in [-0.25, -0.2) is 9.67 Å². The number of piperazine rings is 1. The van der Waals surface area contributed by atoms with Crippen LogP contribution in [0.15, 0.2) is 30.3 Å². The third kappa shape index (κ3) is 4.81. The Bertz CT molecular complexity index is 1670. The van der Waals surface area contributed by atoms with Crippen molar-refractivity contribution in [2.75, 3.05) is 29.9 Å². The Morgan fingerprint density at radius 1 is 1.02 bits per heavy atom. The highest BCUT2D eigenvalue weighted by Gasteiger charge is 2.30. The van der Waals surface area contributed by atoms with Crippen molar-refractivity contribution < 1.29 is 9.53 Å². The van der Waals surface area contributed by atoms with Crippen LogP contribution in [0.5, 0.6) is 5.88 Å². The molecule has 0 unspecified atom stereocenters. The fourth-order valence-corrected chi connectivity index (χ4v) is 7.10. The zero-order chi connectivity index (χ0) is 29.1. The molecule has 0 spiro atoms. The van der Waals surface area contributed by atoms with Gasteiger partial charge in [-0.3, -0.25) is 15.1 Å². The van der Waals surface area contributed by atoms with Crippen LogP contribution < -0.4 is 20.3 Å². The quantitative estimate of drug-likeness (QED) is 0.343. The van der Waals surface area contributed by atoms with Gasteiger partial charge in [-0.1, -0.05) is 0 Å². The van der Waals surface area contributed by atoms with E-state index >= 15 is 0 Å². The molecular weight excluding hydrogens is 528 g/mol. The zero-order valence-corrected chi connectivity index (χ0v) is 25.1. The predicted molar refractivity (Wildman–Crippen MR) is 164 cm³/mol. The van der Waals surface area contributed by atoms with Crippen LogP contribution in [0.25, 0.3) is 22.3 Å². The topological polar surface area (TPSA) is 102 Å². The van der Waals surface area contributed by atoms with E-state index in [1.165, 1.54) is 5.69 Å². The number of hydrogen-bond donors (Lipinski definition) is 2.